The van der Waals surface area contributed by atoms with Crippen LogP contribution in [0.25, 0.3) is 0 Å². The summed E-state index contributed by atoms with van der Waals surface area (Å²) < 4.78 is 31.4. The lowest BCUT2D eigenvalue weighted by atomic mass is 9.92. The van der Waals surface area contributed by atoms with Gasteiger partial charge in [-0.2, -0.15) is 0 Å². The summed E-state index contributed by atoms with van der Waals surface area (Å²) in [4.78, 5) is 11.8. The minimum Gasteiger partial charge on any atom is -0.374 e. The normalized spacial score (nSPS) is 11.3. The average molecular weight is 309 g/mol. The molecule has 0 atom stereocenters. The molecule has 1 aromatic heterocycles. The van der Waals surface area contributed by atoms with Crippen molar-refractivity contribution in [3.63, 3.8) is 0 Å². The Balaban J connectivity index is 1.93. The van der Waals surface area contributed by atoms with Crippen molar-refractivity contribution in [3.8, 4) is 0 Å². The van der Waals surface area contributed by atoms with E-state index in [2.05, 4.69) is 15.8 Å². The number of anilines is 2. The van der Waals surface area contributed by atoms with E-state index >= 15 is 0 Å². The highest BCUT2D eigenvalue weighted by atomic mass is 19.1. The summed E-state index contributed by atoms with van der Waals surface area (Å²) in [5, 5.41) is 8.88. The number of benzene rings is 1. The van der Waals surface area contributed by atoms with Crippen molar-refractivity contribution in [3.05, 3.63) is 41.6 Å². The number of halogens is 2. The van der Waals surface area contributed by atoms with Crippen LogP contribution < -0.4 is 10.6 Å². The van der Waals surface area contributed by atoms with Gasteiger partial charge in [-0.25, -0.2) is 8.78 Å². The lowest BCUT2D eigenvalue weighted by Gasteiger charge is -2.12. The van der Waals surface area contributed by atoms with Crippen LogP contribution in [-0.4, -0.2) is 17.6 Å². The zero-order chi connectivity index (χ0) is 16.3. The second-order valence-electron chi connectivity index (χ2n) is 5.85. The quantitative estimate of drug-likeness (QED) is 0.909. The van der Waals surface area contributed by atoms with Crippen molar-refractivity contribution in [1.29, 1.82) is 0 Å². The fourth-order valence-corrected chi connectivity index (χ4v) is 1.68. The van der Waals surface area contributed by atoms with Gasteiger partial charge < -0.3 is 9.84 Å². The van der Waals surface area contributed by atoms with Crippen molar-refractivity contribution >= 4 is 17.5 Å². The highest BCUT2D eigenvalue weighted by Crippen LogP contribution is 2.23. The van der Waals surface area contributed by atoms with Crippen LogP contribution in [0.3, 0.4) is 0 Å². The second-order valence-corrected chi connectivity index (χ2v) is 5.85. The number of aromatic nitrogens is 1. The second kappa shape index (κ2) is 6.13. The number of rotatable bonds is 4. The molecule has 1 amide bonds. The molecule has 0 aliphatic carbocycles. The Morgan fingerprint density at radius 2 is 2.00 bits per heavy atom. The standard InChI is InChI=1S/C15H17F2N3O2/c1-15(2,3)12-7-14(22-20-12)19-13(21)8-18-11-6-9(16)4-5-10(11)17/h4-7,18H,8H2,1-3H3,(H,19,21). The van der Waals surface area contributed by atoms with E-state index in [-0.39, 0.29) is 23.5 Å². The summed E-state index contributed by atoms with van der Waals surface area (Å²) >= 11 is 0. The molecule has 0 bridgehead atoms. The van der Waals surface area contributed by atoms with E-state index in [0.717, 1.165) is 18.2 Å². The lowest BCUT2D eigenvalue weighted by Crippen LogP contribution is -2.22. The fourth-order valence-electron chi connectivity index (χ4n) is 1.68. The third-order valence-electron chi connectivity index (χ3n) is 2.91. The van der Waals surface area contributed by atoms with Crippen molar-refractivity contribution in [2.45, 2.75) is 26.2 Å². The molecule has 1 heterocycles. The molecular weight excluding hydrogens is 292 g/mol. The average Bonchev–Trinajstić information content (AvgIpc) is 2.88. The van der Waals surface area contributed by atoms with Gasteiger partial charge in [0.15, 0.2) is 0 Å². The van der Waals surface area contributed by atoms with Crippen LogP contribution in [-0.2, 0) is 10.2 Å². The molecule has 0 aliphatic rings. The lowest BCUT2D eigenvalue weighted by molar-refractivity contribution is -0.114. The maximum Gasteiger partial charge on any atom is 0.246 e. The third-order valence-corrected chi connectivity index (χ3v) is 2.91. The smallest absolute Gasteiger partial charge is 0.246 e. The zero-order valence-corrected chi connectivity index (χ0v) is 12.5. The van der Waals surface area contributed by atoms with Crippen molar-refractivity contribution in [1.82, 2.24) is 5.16 Å². The molecule has 2 N–H and O–H groups in total. The van der Waals surface area contributed by atoms with Gasteiger partial charge in [-0.15, -0.1) is 0 Å². The molecule has 2 aromatic rings. The van der Waals surface area contributed by atoms with Gasteiger partial charge >= 0.3 is 0 Å². The van der Waals surface area contributed by atoms with E-state index in [4.69, 9.17) is 4.52 Å². The Morgan fingerprint density at radius 3 is 2.64 bits per heavy atom. The van der Waals surface area contributed by atoms with Gasteiger partial charge in [-0.3, -0.25) is 10.1 Å². The maximum absolute atomic E-state index is 13.4. The van der Waals surface area contributed by atoms with E-state index in [0.29, 0.717) is 5.69 Å². The topological polar surface area (TPSA) is 67.2 Å². The Kier molecular flexibility index (Phi) is 4.44. The molecule has 7 heteroatoms. The Morgan fingerprint density at radius 1 is 1.27 bits per heavy atom. The van der Waals surface area contributed by atoms with E-state index in [1.54, 1.807) is 6.07 Å². The van der Waals surface area contributed by atoms with Gasteiger partial charge in [0.05, 0.1) is 17.9 Å². The van der Waals surface area contributed by atoms with Crippen molar-refractivity contribution in [2.24, 2.45) is 0 Å². The Labute approximate surface area is 126 Å². The highest BCUT2D eigenvalue weighted by Gasteiger charge is 2.19. The molecule has 5 nitrogen and oxygen atoms in total. The summed E-state index contributed by atoms with van der Waals surface area (Å²) in [6.45, 7) is 5.66. The van der Waals surface area contributed by atoms with Crippen LogP contribution in [0.1, 0.15) is 26.5 Å². The predicted molar refractivity (Wildman–Crippen MR) is 78.7 cm³/mol. The number of hydrogen-bond acceptors (Lipinski definition) is 4. The van der Waals surface area contributed by atoms with Crippen LogP contribution in [0.2, 0.25) is 0 Å². The first-order valence-corrected chi connectivity index (χ1v) is 6.71. The number of carbonyl (C=O) groups excluding carboxylic acids is 1. The van der Waals surface area contributed by atoms with Crippen LogP contribution in [0.5, 0.6) is 0 Å². The molecule has 0 unspecified atom stereocenters. The molecule has 0 spiro atoms. The minimum absolute atomic E-state index is 0.0805. The van der Waals surface area contributed by atoms with Gasteiger partial charge in [-0.05, 0) is 18.2 Å². The number of nitrogens with one attached hydrogen (secondary N) is 2. The summed E-state index contributed by atoms with van der Waals surface area (Å²) in [5.41, 5.74) is 0.421. The van der Waals surface area contributed by atoms with Crippen LogP contribution in [0, 0.1) is 11.6 Å². The molecule has 0 fully saturated rings. The van der Waals surface area contributed by atoms with E-state index in [1.165, 1.54) is 0 Å². The van der Waals surface area contributed by atoms with Crippen molar-refractivity contribution < 1.29 is 18.1 Å². The molecule has 118 valence electrons. The molecule has 1 aromatic carbocycles. The van der Waals surface area contributed by atoms with Gasteiger partial charge in [0.2, 0.25) is 11.8 Å². The van der Waals surface area contributed by atoms with Gasteiger partial charge in [0.25, 0.3) is 0 Å². The van der Waals surface area contributed by atoms with Gasteiger partial charge in [0, 0.05) is 11.5 Å². The zero-order valence-electron chi connectivity index (χ0n) is 12.5. The first-order valence-electron chi connectivity index (χ1n) is 6.71. The predicted octanol–water partition coefficient (Wildman–Crippen LogP) is 3.30. The summed E-state index contributed by atoms with van der Waals surface area (Å²) in [5.74, 6) is -1.48. The number of carbonyl (C=O) groups is 1. The molecule has 2 rings (SSSR count). The van der Waals surface area contributed by atoms with Crippen LogP contribution >= 0.6 is 0 Å². The largest absolute Gasteiger partial charge is 0.374 e. The molecule has 0 saturated carbocycles. The van der Waals surface area contributed by atoms with E-state index in [1.807, 2.05) is 20.8 Å². The SMILES string of the molecule is CC(C)(C)c1cc(NC(=O)CNc2cc(F)ccc2F)on1. The molecule has 0 saturated heterocycles. The van der Waals surface area contributed by atoms with Gasteiger partial charge in [0.1, 0.15) is 11.6 Å². The van der Waals surface area contributed by atoms with E-state index in [9.17, 15) is 13.6 Å². The number of amides is 1. The van der Waals surface area contributed by atoms with Crippen LogP contribution in [0.4, 0.5) is 20.4 Å². The third kappa shape index (κ3) is 4.03. The maximum atomic E-state index is 13.4. The fraction of sp³-hybridized carbons (Fsp3) is 0.333. The first-order chi connectivity index (χ1) is 10.3. The number of hydrogen-bond donors (Lipinski definition) is 2. The van der Waals surface area contributed by atoms with E-state index < -0.39 is 17.5 Å². The Bertz CT molecular complexity index is 678. The summed E-state index contributed by atoms with van der Waals surface area (Å²) in [6.07, 6.45) is 0. The monoisotopic (exact) mass is 309 g/mol. The Hall–Kier alpha value is -2.44. The molecular formula is C15H17F2N3O2. The van der Waals surface area contributed by atoms with Gasteiger partial charge in [-0.1, -0.05) is 25.9 Å². The summed E-state index contributed by atoms with van der Waals surface area (Å²) in [7, 11) is 0. The number of nitrogens with zero attached hydrogens (tertiary/aromatic N) is 1. The minimum atomic E-state index is -0.635. The highest BCUT2D eigenvalue weighted by molar-refractivity contribution is 5.92. The molecule has 0 radical (unpaired) electrons. The van der Waals surface area contributed by atoms with Crippen LogP contribution in [0.15, 0.2) is 28.8 Å². The summed E-state index contributed by atoms with van der Waals surface area (Å²) in [6, 6.07) is 4.60. The molecule has 22 heavy (non-hydrogen) atoms. The molecule has 0 aliphatic heterocycles. The van der Waals surface area contributed by atoms with Crippen molar-refractivity contribution in [2.75, 3.05) is 17.2 Å². The first kappa shape index (κ1) is 15.9.